The summed E-state index contributed by atoms with van der Waals surface area (Å²) in [6.07, 6.45) is 1.49. The molecule has 2 aromatic rings. The first-order valence-electron chi connectivity index (χ1n) is 4.79. The van der Waals surface area contributed by atoms with Gasteiger partial charge in [-0.05, 0) is 25.0 Å². The van der Waals surface area contributed by atoms with Crippen LogP contribution in [0.3, 0.4) is 0 Å². The van der Waals surface area contributed by atoms with E-state index < -0.39 is 0 Å². The van der Waals surface area contributed by atoms with Crippen molar-refractivity contribution in [2.45, 2.75) is 19.2 Å². The van der Waals surface area contributed by atoms with E-state index in [1.54, 1.807) is 0 Å². The normalized spacial score (nSPS) is 10.6. The molecule has 0 bridgehead atoms. The molecule has 0 aliphatic carbocycles. The zero-order chi connectivity index (χ0) is 10.8. The van der Waals surface area contributed by atoms with Gasteiger partial charge in [0, 0.05) is 10.9 Å². The Bertz CT molecular complexity index is 476. The SMILES string of the molecule is Cc1cccc(-c2ocnc2CBr)c1C. The predicted molar refractivity (Wildman–Crippen MR) is 64.0 cm³/mol. The summed E-state index contributed by atoms with van der Waals surface area (Å²) in [4.78, 5) is 4.17. The van der Waals surface area contributed by atoms with E-state index in [0.29, 0.717) is 5.33 Å². The molecule has 2 nitrogen and oxygen atoms in total. The molecule has 0 fully saturated rings. The minimum atomic E-state index is 0.714. The fourth-order valence-corrected chi connectivity index (χ4v) is 1.98. The number of oxazole rings is 1. The second-order valence-electron chi connectivity index (χ2n) is 3.51. The Kier molecular flexibility index (Phi) is 2.91. The number of hydrogen-bond donors (Lipinski definition) is 0. The van der Waals surface area contributed by atoms with Crippen LogP contribution in [0.1, 0.15) is 16.8 Å². The molecule has 0 saturated heterocycles. The topological polar surface area (TPSA) is 26.0 Å². The van der Waals surface area contributed by atoms with E-state index in [0.717, 1.165) is 17.0 Å². The summed E-state index contributed by atoms with van der Waals surface area (Å²) in [5.74, 6) is 0.869. The molecule has 0 radical (unpaired) electrons. The smallest absolute Gasteiger partial charge is 0.181 e. The molecule has 0 amide bonds. The van der Waals surface area contributed by atoms with E-state index in [9.17, 15) is 0 Å². The van der Waals surface area contributed by atoms with Crippen molar-refractivity contribution in [3.05, 3.63) is 41.4 Å². The lowest BCUT2D eigenvalue weighted by Crippen LogP contribution is -1.88. The molecule has 0 spiro atoms. The zero-order valence-corrected chi connectivity index (χ0v) is 10.3. The summed E-state index contributed by atoms with van der Waals surface area (Å²) < 4.78 is 5.44. The van der Waals surface area contributed by atoms with Crippen LogP contribution in [0.15, 0.2) is 29.0 Å². The summed E-state index contributed by atoms with van der Waals surface area (Å²) in [7, 11) is 0. The third-order valence-electron chi connectivity index (χ3n) is 2.62. The van der Waals surface area contributed by atoms with Gasteiger partial charge in [-0.1, -0.05) is 34.1 Å². The minimum absolute atomic E-state index is 0.714. The number of benzene rings is 1. The number of aryl methyl sites for hydroxylation is 1. The average molecular weight is 266 g/mol. The maximum atomic E-state index is 5.44. The van der Waals surface area contributed by atoms with Crippen LogP contribution in [0, 0.1) is 13.8 Å². The molecule has 1 heterocycles. The van der Waals surface area contributed by atoms with Crippen molar-refractivity contribution in [2.24, 2.45) is 0 Å². The second-order valence-corrected chi connectivity index (χ2v) is 4.07. The van der Waals surface area contributed by atoms with Gasteiger partial charge in [0.15, 0.2) is 12.2 Å². The van der Waals surface area contributed by atoms with Crippen molar-refractivity contribution in [1.82, 2.24) is 4.98 Å². The lowest BCUT2D eigenvalue weighted by molar-refractivity contribution is 0.571. The van der Waals surface area contributed by atoms with Gasteiger partial charge in [-0.3, -0.25) is 0 Å². The highest BCUT2D eigenvalue weighted by Gasteiger charge is 2.12. The van der Waals surface area contributed by atoms with E-state index in [4.69, 9.17) is 4.42 Å². The molecule has 0 N–H and O–H groups in total. The summed E-state index contributed by atoms with van der Waals surface area (Å²) in [6.45, 7) is 4.20. The van der Waals surface area contributed by atoms with Gasteiger partial charge in [-0.15, -0.1) is 0 Å². The van der Waals surface area contributed by atoms with Crippen LogP contribution in [-0.4, -0.2) is 4.98 Å². The van der Waals surface area contributed by atoms with E-state index >= 15 is 0 Å². The van der Waals surface area contributed by atoms with Gasteiger partial charge in [0.25, 0.3) is 0 Å². The maximum absolute atomic E-state index is 5.44. The summed E-state index contributed by atoms with van der Waals surface area (Å²) in [5.41, 5.74) is 4.59. The predicted octanol–water partition coefficient (Wildman–Crippen LogP) is 3.85. The fourth-order valence-electron chi connectivity index (χ4n) is 1.58. The van der Waals surface area contributed by atoms with Crippen LogP contribution >= 0.6 is 15.9 Å². The summed E-state index contributed by atoms with van der Waals surface area (Å²) in [5, 5.41) is 0.714. The van der Waals surface area contributed by atoms with Crippen molar-refractivity contribution < 1.29 is 4.42 Å². The molecule has 3 heteroatoms. The number of rotatable bonds is 2. The van der Waals surface area contributed by atoms with Gasteiger partial charge in [-0.2, -0.15) is 0 Å². The van der Waals surface area contributed by atoms with Gasteiger partial charge < -0.3 is 4.42 Å². The molecule has 2 rings (SSSR count). The van der Waals surface area contributed by atoms with Gasteiger partial charge in [-0.25, -0.2) is 4.98 Å². The van der Waals surface area contributed by atoms with Crippen LogP contribution in [0.4, 0.5) is 0 Å². The average Bonchev–Trinajstić information content (AvgIpc) is 2.70. The lowest BCUT2D eigenvalue weighted by atomic mass is 10.0. The Morgan fingerprint density at radius 1 is 1.33 bits per heavy atom. The molecule has 0 unspecified atom stereocenters. The third kappa shape index (κ3) is 1.84. The van der Waals surface area contributed by atoms with Crippen LogP contribution in [-0.2, 0) is 5.33 Å². The first-order chi connectivity index (χ1) is 7.24. The van der Waals surface area contributed by atoms with E-state index in [1.807, 2.05) is 6.07 Å². The molecule has 0 atom stereocenters. The van der Waals surface area contributed by atoms with Crippen molar-refractivity contribution in [3.8, 4) is 11.3 Å². The largest absolute Gasteiger partial charge is 0.443 e. The van der Waals surface area contributed by atoms with Crippen molar-refractivity contribution >= 4 is 15.9 Å². The number of alkyl halides is 1. The lowest BCUT2D eigenvalue weighted by Gasteiger charge is -2.06. The van der Waals surface area contributed by atoms with Crippen LogP contribution in [0.2, 0.25) is 0 Å². The number of nitrogens with zero attached hydrogens (tertiary/aromatic N) is 1. The molecular weight excluding hydrogens is 254 g/mol. The molecule has 0 aliphatic heterocycles. The Hall–Kier alpha value is -1.09. The maximum Gasteiger partial charge on any atom is 0.181 e. The summed E-state index contributed by atoms with van der Waals surface area (Å²) in [6, 6.07) is 6.20. The number of aromatic nitrogens is 1. The van der Waals surface area contributed by atoms with Crippen molar-refractivity contribution in [3.63, 3.8) is 0 Å². The quantitative estimate of drug-likeness (QED) is 0.771. The van der Waals surface area contributed by atoms with Crippen LogP contribution in [0.5, 0.6) is 0 Å². The molecular formula is C12H12BrNO. The highest BCUT2D eigenvalue weighted by Crippen LogP contribution is 2.28. The number of hydrogen-bond acceptors (Lipinski definition) is 2. The Balaban J connectivity index is 2.59. The summed E-state index contributed by atoms with van der Waals surface area (Å²) >= 11 is 3.41. The van der Waals surface area contributed by atoms with Crippen molar-refractivity contribution in [1.29, 1.82) is 0 Å². The molecule has 78 valence electrons. The third-order valence-corrected chi connectivity index (χ3v) is 3.15. The Morgan fingerprint density at radius 3 is 2.87 bits per heavy atom. The highest BCUT2D eigenvalue weighted by molar-refractivity contribution is 9.08. The minimum Gasteiger partial charge on any atom is -0.443 e. The van der Waals surface area contributed by atoms with Gasteiger partial charge in [0.1, 0.15) is 0 Å². The first-order valence-corrected chi connectivity index (χ1v) is 5.91. The van der Waals surface area contributed by atoms with Gasteiger partial charge in [0.2, 0.25) is 0 Å². The van der Waals surface area contributed by atoms with Crippen LogP contribution < -0.4 is 0 Å². The van der Waals surface area contributed by atoms with E-state index in [-0.39, 0.29) is 0 Å². The van der Waals surface area contributed by atoms with Crippen molar-refractivity contribution in [2.75, 3.05) is 0 Å². The molecule has 1 aromatic carbocycles. The second kappa shape index (κ2) is 4.19. The Labute approximate surface area is 97.5 Å². The van der Waals surface area contributed by atoms with Crippen LogP contribution in [0.25, 0.3) is 11.3 Å². The van der Waals surface area contributed by atoms with E-state index in [2.05, 4.69) is 46.9 Å². The van der Waals surface area contributed by atoms with Gasteiger partial charge >= 0.3 is 0 Å². The Morgan fingerprint density at radius 2 is 2.13 bits per heavy atom. The standard InChI is InChI=1S/C12H12BrNO/c1-8-4-3-5-10(9(8)2)12-11(6-13)14-7-15-12/h3-5,7H,6H2,1-2H3. The molecule has 15 heavy (non-hydrogen) atoms. The fraction of sp³-hybridized carbons (Fsp3) is 0.250. The highest BCUT2D eigenvalue weighted by atomic mass is 79.9. The zero-order valence-electron chi connectivity index (χ0n) is 8.75. The molecule has 1 aromatic heterocycles. The monoisotopic (exact) mass is 265 g/mol. The first kappa shape index (κ1) is 10.4. The number of halogens is 1. The van der Waals surface area contributed by atoms with E-state index in [1.165, 1.54) is 17.5 Å². The van der Waals surface area contributed by atoms with Gasteiger partial charge in [0.05, 0.1) is 5.69 Å². The molecule has 0 saturated carbocycles. The molecule has 0 aliphatic rings.